The lowest BCUT2D eigenvalue weighted by atomic mass is 10.2. The highest BCUT2D eigenvalue weighted by molar-refractivity contribution is 7.89. The number of hydrogen-bond acceptors (Lipinski definition) is 7. The van der Waals surface area contributed by atoms with Gasteiger partial charge in [0.15, 0.2) is 5.69 Å². The second-order valence-corrected chi connectivity index (χ2v) is 10.4. The lowest BCUT2D eigenvalue weighted by Gasteiger charge is -2.15. The highest BCUT2D eigenvalue weighted by atomic mass is 32.2. The smallest absolute Gasteiger partial charge is 0.274 e. The number of aromatic nitrogens is 2. The fourth-order valence-corrected chi connectivity index (χ4v) is 5.19. The molecule has 2 heterocycles. The van der Waals surface area contributed by atoms with Crippen molar-refractivity contribution in [1.82, 2.24) is 19.4 Å². The highest BCUT2D eigenvalue weighted by Gasteiger charge is 2.33. The van der Waals surface area contributed by atoms with E-state index in [1.165, 1.54) is 16.8 Å². The highest BCUT2D eigenvalue weighted by Crippen LogP contribution is 2.36. The van der Waals surface area contributed by atoms with Crippen LogP contribution in [-0.2, 0) is 10.0 Å². The number of sulfonamides is 1. The van der Waals surface area contributed by atoms with E-state index >= 15 is 0 Å². The van der Waals surface area contributed by atoms with E-state index in [2.05, 4.69) is 9.82 Å². The van der Waals surface area contributed by atoms with Gasteiger partial charge in [-0.1, -0.05) is 0 Å². The molecule has 0 bridgehead atoms. The summed E-state index contributed by atoms with van der Waals surface area (Å²) in [5.74, 6) is -0.0377. The first-order chi connectivity index (χ1) is 15.6. The normalized spacial score (nSPS) is 16.4. The zero-order chi connectivity index (χ0) is 23.9. The van der Waals surface area contributed by atoms with Gasteiger partial charge in [0.25, 0.3) is 11.6 Å². The molecule has 33 heavy (non-hydrogen) atoms. The number of likely N-dealkylation sites (tertiary alicyclic amines) is 1. The molecule has 1 aliphatic heterocycles. The topological polar surface area (TPSA) is 137 Å². The summed E-state index contributed by atoms with van der Waals surface area (Å²) >= 11 is 0. The Balaban J connectivity index is 1.76. The van der Waals surface area contributed by atoms with Crippen molar-refractivity contribution in [2.45, 2.75) is 63.4 Å². The molecule has 0 spiro atoms. The van der Waals surface area contributed by atoms with E-state index in [-0.39, 0.29) is 45.9 Å². The van der Waals surface area contributed by atoms with Crippen LogP contribution in [-0.4, -0.2) is 53.1 Å². The van der Waals surface area contributed by atoms with E-state index in [1.54, 1.807) is 11.8 Å². The summed E-state index contributed by atoms with van der Waals surface area (Å²) in [5, 5.41) is 15.8. The molecule has 1 aromatic heterocycles. The number of amides is 1. The molecule has 2 aromatic rings. The van der Waals surface area contributed by atoms with Crippen LogP contribution in [0.4, 0.5) is 5.69 Å². The summed E-state index contributed by atoms with van der Waals surface area (Å²) in [4.78, 5) is 25.0. The first kappa shape index (κ1) is 23.2. The number of carbonyl (C=O) groups is 1. The lowest BCUT2D eigenvalue weighted by Crippen LogP contribution is -2.28. The fraction of sp³-hybridized carbons (Fsp3) is 0.524. The van der Waals surface area contributed by atoms with E-state index in [9.17, 15) is 23.3 Å². The van der Waals surface area contributed by atoms with E-state index in [0.717, 1.165) is 18.9 Å². The van der Waals surface area contributed by atoms with Crippen LogP contribution in [0.25, 0.3) is 0 Å². The lowest BCUT2D eigenvalue weighted by molar-refractivity contribution is -0.385. The Labute approximate surface area is 191 Å². The van der Waals surface area contributed by atoms with Gasteiger partial charge in [0.1, 0.15) is 10.6 Å². The summed E-state index contributed by atoms with van der Waals surface area (Å²) < 4.78 is 36.0. The van der Waals surface area contributed by atoms with Gasteiger partial charge < -0.3 is 9.64 Å². The first-order valence-corrected chi connectivity index (χ1v) is 12.4. The molecule has 2 fully saturated rings. The number of hydrogen-bond donors (Lipinski definition) is 1. The molecular weight excluding hydrogens is 450 g/mol. The molecule has 1 saturated heterocycles. The zero-order valence-corrected chi connectivity index (χ0v) is 19.6. The average Bonchev–Trinajstić information content (AvgIpc) is 3.26. The minimum absolute atomic E-state index is 0.0705. The monoisotopic (exact) mass is 477 g/mol. The van der Waals surface area contributed by atoms with Gasteiger partial charge in [0, 0.05) is 36.8 Å². The van der Waals surface area contributed by atoms with Crippen LogP contribution in [0, 0.1) is 17.0 Å². The summed E-state index contributed by atoms with van der Waals surface area (Å²) in [6.45, 7) is 6.77. The van der Waals surface area contributed by atoms with E-state index in [1.807, 2.05) is 13.8 Å². The van der Waals surface area contributed by atoms with Crippen molar-refractivity contribution in [3.05, 3.63) is 39.6 Å². The maximum absolute atomic E-state index is 13.0. The molecule has 1 aliphatic carbocycles. The van der Waals surface area contributed by atoms with Gasteiger partial charge in [-0.05, 0) is 52.5 Å². The Morgan fingerprint density at radius 3 is 2.52 bits per heavy atom. The molecule has 1 amide bonds. The third kappa shape index (κ3) is 4.71. The minimum Gasteiger partial charge on any atom is -0.438 e. The largest absolute Gasteiger partial charge is 0.438 e. The van der Waals surface area contributed by atoms with Gasteiger partial charge in [0.2, 0.25) is 15.9 Å². The number of non-ortho nitro benzene ring substituents is 1. The van der Waals surface area contributed by atoms with E-state index in [4.69, 9.17) is 4.74 Å². The predicted octanol–water partition coefficient (Wildman–Crippen LogP) is 3.15. The SMILES string of the molecule is Cc1c(C(=O)N2CCCC2)nn(C(C)C)c1Oc1ccc([N+](=O)[O-])cc1S(=O)(=O)NC1CC1. The Hall–Kier alpha value is -2.99. The number of nitrogens with one attached hydrogen (secondary N) is 1. The van der Waals surface area contributed by atoms with Crippen LogP contribution in [0.2, 0.25) is 0 Å². The Bertz CT molecular complexity index is 1200. The third-order valence-electron chi connectivity index (χ3n) is 5.71. The molecule has 1 saturated carbocycles. The number of nitro groups is 1. The van der Waals surface area contributed by atoms with Gasteiger partial charge in [-0.25, -0.2) is 17.8 Å². The molecule has 2 aliphatic rings. The molecule has 12 heteroatoms. The van der Waals surface area contributed by atoms with Crippen LogP contribution in [0.3, 0.4) is 0 Å². The number of carbonyl (C=O) groups excluding carboxylic acids is 1. The van der Waals surface area contributed by atoms with Crippen LogP contribution >= 0.6 is 0 Å². The first-order valence-electron chi connectivity index (χ1n) is 11.0. The Kier molecular flexibility index (Phi) is 6.14. The minimum atomic E-state index is -4.06. The molecular formula is C21H27N5O6S. The maximum Gasteiger partial charge on any atom is 0.274 e. The average molecular weight is 478 g/mol. The van der Waals surface area contributed by atoms with Crippen molar-refractivity contribution in [2.75, 3.05) is 13.1 Å². The van der Waals surface area contributed by atoms with Crippen molar-refractivity contribution in [2.24, 2.45) is 0 Å². The van der Waals surface area contributed by atoms with Crippen molar-refractivity contribution in [3.63, 3.8) is 0 Å². The standard InChI is InChI=1S/C21H27N5O6S/c1-13(2)25-21(14(3)19(22-25)20(27)24-10-4-5-11-24)32-17-9-8-16(26(28)29)12-18(17)33(30,31)23-15-6-7-15/h8-9,12-13,15,23H,4-7,10-11H2,1-3H3. The van der Waals surface area contributed by atoms with Gasteiger partial charge in [-0.3, -0.25) is 14.9 Å². The summed E-state index contributed by atoms with van der Waals surface area (Å²) in [7, 11) is -4.06. The molecule has 178 valence electrons. The third-order valence-corrected chi connectivity index (χ3v) is 7.25. The Morgan fingerprint density at radius 1 is 1.27 bits per heavy atom. The van der Waals surface area contributed by atoms with Crippen molar-refractivity contribution < 1.29 is 22.9 Å². The molecule has 0 atom stereocenters. The number of rotatable bonds is 8. The number of ether oxygens (including phenoxy) is 1. The molecule has 0 unspecified atom stereocenters. The maximum atomic E-state index is 13.0. The zero-order valence-electron chi connectivity index (χ0n) is 18.8. The van der Waals surface area contributed by atoms with Gasteiger partial charge in [-0.15, -0.1) is 0 Å². The number of benzene rings is 1. The van der Waals surface area contributed by atoms with Gasteiger partial charge >= 0.3 is 0 Å². The van der Waals surface area contributed by atoms with Crippen LogP contribution in [0.5, 0.6) is 11.6 Å². The van der Waals surface area contributed by atoms with Crippen molar-refractivity contribution >= 4 is 21.6 Å². The quantitative estimate of drug-likeness (QED) is 0.455. The second-order valence-electron chi connectivity index (χ2n) is 8.70. The molecule has 4 rings (SSSR count). The Morgan fingerprint density at radius 2 is 1.94 bits per heavy atom. The fourth-order valence-electron chi connectivity index (χ4n) is 3.74. The van der Waals surface area contributed by atoms with Crippen molar-refractivity contribution in [1.29, 1.82) is 0 Å². The van der Waals surface area contributed by atoms with Crippen LogP contribution < -0.4 is 9.46 Å². The summed E-state index contributed by atoms with van der Waals surface area (Å²) in [6, 6.07) is 3.07. The van der Waals surface area contributed by atoms with Gasteiger partial charge in [0.05, 0.1) is 11.0 Å². The number of nitro benzene ring substituents is 1. The molecule has 11 nitrogen and oxygen atoms in total. The van der Waals surface area contributed by atoms with Crippen LogP contribution in [0.15, 0.2) is 23.1 Å². The number of nitrogens with zero attached hydrogens (tertiary/aromatic N) is 4. The van der Waals surface area contributed by atoms with E-state index < -0.39 is 14.9 Å². The second kappa shape index (κ2) is 8.75. The van der Waals surface area contributed by atoms with E-state index in [0.29, 0.717) is 31.5 Å². The molecule has 1 N–H and O–H groups in total. The van der Waals surface area contributed by atoms with Crippen LogP contribution in [0.1, 0.15) is 61.6 Å². The molecule has 0 radical (unpaired) electrons. The predicted molar refractivity (Wildman–Crippen MR) is 119 cm³/mol. The van der Waals surface area contributed by atoms with Gasteiger partial charge in [-0.2, -0.15) is 5.10 Å². The van der Waals surface area contributed by atoms with Crippen molar-refractivity contribution in [3.8, 4) is 11.6 Å². The summed E-state index contributed by atoms with van der Waals surface area (Å²) in [6.07, 6.45) is 3.31. The molecule has 1 aromatic carbocycles. The summed E-state index contributed by atoms with van der Waals surface area (Å²) in [5.41, 5.74) is 0.373.